The van der Waals surface area contributed by atoms with Gasteiger partial charge in [0.15, 0.2) is 0 Å². The molecule has 19 heavy (non-hydrogen) atoms. The summed E-state index contributed by atoms with van der Waals surface area (Å²) < 4.78 is 1.66. The van der Waals surface area contributed by atoms with Crippen molar-refractivity contribution in [2.75, 3.05) is 6.54 Å². The predicted molar refractivity (Wildman–Crippen MR) is 77.5 cm³/mol. The van der Waals surface area contributed by atoms with Crippen LogP contribution in [0.1, 0.15) is 48.2 Å². The third-order valence-electron chi connectivity index (χ3n) is 3.71. The van der Waals surface area contributed by atoms with Crippen molar-refractivity contribution in [1.29, 1.82) is 0 Å². The van der Waals surface area contributed by atoms with Crippen LogP contribution in [0.3, 0.4) is 0 Å². The van der Waals surface area contributed by atoms with Gasteiger partial charge in [-0.1, -0.05) is 19.3 Å². The quantitative estimate of drug-likeness (QED) is 0.885. The molecule has 0 radical (unpaired) electrons. The highest BCUT2D eigenvalue weighted by Crippen LogP contribution is 2.25. The highest BCUT2D eigenvalue weighted by molar-refractivity contribution is 5.95. The Morgan fingerprint density at radius 1 is 1.47 bits per heavy atom. The van der Waals surface area contributed by atoms with Crippen LogP contribution in [0.5, 0.6) is 0 Å². The van der Waals surface area contributed by atoms with Crippen molar-refractivity contribution in [3.63, 3.8) is 0 Å². The van der Waals surface area contributed by atoms with Crippen LogP contribution in [0.2, 0.25) is 0 Å². The first-order chi connectivity index (χ1) is 8.50. The van der Waals surface area contributed by atoms with E-state index in [2.05, 4.69) is 10.4 Å². The Kier molecular flexibility index (Phi) is 5.38. The van der Waals surface area contributed by atoms with E-state index in [1.165, 1.54) is 6.42 Å². The van der Waals surface area contributed by atoms with Crippen LogP contribution in [-0.2, 0) is 7.05 Å². The fraction of sp³-hybridized carbons (Fsp3) is 0.692. The van der Waals surface area contributed by atoms with Gasteiger partial charge >= 0.3 is 0 Å². The van der Waals surface area contributed by atoms with Gasteiger partial charge in [-0.2, -0.15) is 5.10 Å². The van der Waals surface area contributed by atoms with E-state index < -0.39 is 0 Å². The highest BCUT2D eigenvalue weighted by atomic mass is 35.5. The molecule has 0 aromatic carbocycles. The maximum Gasteiger partial charge on any atom is 0.254 e. The van der Waals surface area contributed by atoms with Crippen LogP contribution in [0.4, 0.5) is 0 Å². The Morgan fingerprint density at radius 3 is 2.63 bits per heavy atom. The third-order valence-corrected chi connectivity index (χ3v) is 3.71. The molecule has 0 spiro atoms. The van der Waals surface area contributed by atoms with Crippen molar-refractivity contribution >= 4 is 18.3 Å². The van der Waals surface area contributed by atoms with Gasteiger partial charge in [0, 0.05) is 25.3 Å². The van der Waals surface area contributed by atoms with Crippen LogP contribution >= 0.6 is 12.4 Å². The molecule has 1 aromatic heterocycles. The van der Waals surface area contributed by atoms with Gasteiger partial charge in [0.05, 0.1) is 11.3 Å². The SMILES string of the molecule is Cc1nn(C)cc1C(=O)NCC1(N)CCCCC1.Cl. The molecule has 1 heterocycles. The summed E-state index contributed by atoms with van der Waals surface area (Å²) in [5.74, 6) is -0.0731. The molecule has 0 aliphatic heterocycles. The van der Waals surface area contributed by atoms with Gasteiger partial charge in [-0.3, -0.25) is 9.48 Å². The van der Waals surface area contributed by atoms with Gasteiger partial charge in [0.2, 0.25) is 0 Å². The van der Waals surface area contributed by atoms with Gasteiger partial charge in [-0.05, 0) is 19.8 Å². The standard InChI is InChI=1S/C13H22N4O.ClH/c1-10-11(8-17(2)16-10)12(18)15-9-13(14)6-4-3-5-7-13;/h8H,3-7,9,14H2,1-2H3,(H,15,18);1H. The first-order valence-electron chi connectivity index (χ1n) is 6.57. The predicted octanol–water partition coefficient (Wildman–Crippen LogP) is 1.54. The number of aromatic nitrogens is 2. The smallest absolute Gasteiger partial charge is 0.254 e. The van der Waals surface area contributed by atoms with Gasteiger partial charge in [-0.25, -0.2) is 0 Å². The lowest BCUT2D eigenvalue weighted by atomic mass is 9.82. The molecular weight excluding hydrogens is 264 g/mol. The molecule has 5 nitrogen and oxygen atoms in total. The second-order valence-corrected chi connectivity index (χ2v) is 5.41. The largest absolute Gasteiger partial charge is 0.350 e. The van der Waals surface area contributed by atoms with Crippen LogP contribution in [0.25, 0.3) is 0 Å². The fourth-order valence-electron chi connectivity index (χ4n) is 2.61. The van der Waals surface area contributed by atoms with Crippen molar-refractivity contribution < 1.29 is 4.79 Å². The molecule has 1 amide bonds. The van der Waals surface area contributed by atoms with Gasteiger partial charge < -0.3 is 11.1 Å². The Hall–Kier alpha value is -1.07. The molecule has 0 saturated heterocycles. The number of carbonyl (C=O) groups excluding carboxylic acids is 1. The number of carbonyl (C=O) groups is 1. The number of nitrogens with two attached hydrogens (primary N) is 1. The molecule has 108 valence electrons. The van der Waals surface area contributed by atoms with E-state index in [1.54, 1.807) is 10.9 Å². The summed E-state index contributed by atoms with van der Waals surface area (Å²) in [6.07, 6.45) is 7.33. The van der Waals surface area contributed by atoms with E-state index in [4.69, 9.17) is 5.73 Å². The lowest BCUT2D eigenvalue weighted by molar-refractivity contribution is 0.0937. The van der Waals surface area contributed by atoms with Gasteiger partial charge in [-0.15, -0.1) is 12.4 Å². The molecule has 0 atom stereocenters. The summed E-state index contributed by atoms with van der Waals surface area (Å²) in [7, 11) is 1.81. The molecule has 2 rings (SSSR count). The van der Waals surface area contributed by atoms with Crippen molar-refractivity contribution in [1.82, 2.24) is 15.1 Å². The number of rotatable bonds is 3. The minimum Gasteiger partial charge on any atom is -0.350 e. The summed E-state index contributed by atoms with van der Waals surface area (Å²) in [5.41, 5.74) is 7.47. The summed E-state index contributed by atoms with van der Waals surface area (Å²) >= 11 is 0. The van der Waals surface area contributed by atoms with Crippen LogP contribution in [0, 0.1) is 6.92 Å². The lowest BCUT2D eigenvalue weighted by Crippen LogP contribution is -2.51. The molecular formula is C13H23ClN4O. The normalized spacial score (nSPS) is 17.6. The molecule has 1 aliphatic carbocycles. The fourth-order valence-corrected chi connectivity index (χ4v) is 2.61. The number of hydrogen-bond acceptors (Lipinski definition) is 3. The maximum absolute atomic E-state index is 12.0. The minimum atomic E-state index is -0.218. The average molecular weight is 287 g/mol. The van der Waals surface area contributed by atoms with E-state index >= 15 is 0 Å². The van der Waals surface area contributed by atoms with Crippen LogP contribution in [0.15, 0.2) is 6.20 Å². The van der Waals surface area contributed by atoms with Crippen molar-refractivity contribution in [3.8, 4) is 0 Å². The number of nitrogens with one attached hydrogen (secondary N) is 1. The van der Waals surface area contributed by atoms with Crippen LogP contribution in [-0.4, -0.2) is 27.8 Å². The topological polar surface area (TPSA) is 72.9 Å². The molecule has 0 bridgehead atoms. The van der Waals surface area contributed by atoms with E-state index in [1.807, 2.05) is 14.0 Å². The second kappa shape index (κ2) is 6.39. The lowest BCUT2D eigenvalue weighted by Gasteiger charge is -2.33. The Balaban J connectivity index is 0.00000180. The zero-order valence-corrected chi connectivity index (χ0v) is 12.4. The Labute approximate surface area is 120 Å². The molecule has 0 unspecified atom stereocenters. The summed E-state index contributed by atoms with van der Waals surface area (Å²) in [6.45, 7) is 2.40. The van der Waals surface area contributed by atoms with E-state index in [0.29, 0.717) is 12.1 Å². The van der Waals surface area contributed by atoms with E-state index in [-0.39, 0.29) is 23.9 Å². The summed E-state index contributed by atoms with van der Waals surface area (Å²) in [6, 6.07) is 0. The number of amides is 1. The first kappa shape index (κ1) is 16.0. The molecule has 1 fully saturated rings. The maximum atomic E-state index is 12.0. The summed E-state index contributed by atoms with van der Waals surface area (Å²) in [4.78, 5) is 12.0. The molecule has 6 heteroatoms. The number of nitrogens with zero attached hydrogens (tertiary/aromatic N) is 2. The Morgan fingerprint density at radius 2 is 2.11 bits per heavy atom. The van der Waals surface area contributed by atoms with E-state index in [0.717, 1.165) is 31.4 Å². The van der Waals surface area contributed by atoms with Crippen molar-refractivity contribution in [2.24, 2.45) is 12.8 Å². The third kappa shape index (κ3) is 3.94. The average Bonchev–Trinajstić information content (AvgIpc) is 2.67. The molecule has 1 aromatic rings. The number of aryl methyl sites for hydroxylation is 2. The number of halogens is 1. The number of hydrogen-bond donors (Lipinski definition) is 2. The first-order valence-corrected chi connectivity index (χ1v) is 6.57. The minimum absolute atomic E-state index is 0. The van der Waals surface area contributed by atoms with Gasteiger partial charge in [0.25, 0.3) is 5.91 Å². The van der Waals surface area contributed by atoms with E-state index in [9.17, 15) is 4.79 Å². The molecule has 1 saturated carbocycles. The van der Waals surface area contributed by atoms with Crippen molar-refractivity contribution in [2.45, 2.75) is 44.6 Å². The van der Waals surface area contributed by atoms with Gasteiger partial charge in [0.1, 0.15) is 0 Å². The Bertz CT molecular complexity index is 438. The summed E-state index contributed by atoms with van der Waals surface area (Å²) in [5, 5.41) is 7.11. The molecule has 3 N–H and O–H groups in total. The molecule has 1 aliphatic rings. The highest BCUT2D eigenvalue weighted by Gasteiger charge is 2.28. The monoisotopic (exact) mass is 286 g/mol. The van der Waals surface area contributed by atoms with Crippen LogP contribution < -0.4 is 11.1 Å². The zero-order chi connectivity index (χ0) is 13.2. The van der Waals surface area contributed by atoms with Crippen molar-refractivity contribution in [3.05, 3.63) is 17.5 Å². The second-order valence-electron chi connectivity index (χ2n) is 5.41. The zero-order valence-electron chi connectivity index (χ0n) is 11.6.